The van der Waals surface area contributed by atoms with Crippen LogP contribution in [-0.2, 0) is 10.0 Å². The highest BCUT2D eigenvalue weighted by Gasteiger charge is 2.37. The molecule has 18 heavy (non-hydrogen) atoms. The van der Waals surface area contributed by atoms with Gasteiger partial charge in [-0.3, -0.25) is 5.10 Å². The molecule has 0 aromatic carbocycles. The van der Waals surface area contributed by atoms with Crippen molar-refractivity contribution in [2.45, 2.75) is 36.1 Å². The minimum atomic E-state index is -3.45. The first kappa shape index (κ1) is 13.5. The van der Waals surface area contributed by atoms with Crippen molar-refractivity contribution in [1.29, 1.82) is 0 Å². The number of nitrogens with zero attached hydrogens (tertiary/aromatic N) is 2. The number of nitrogens with one attached hydrogen (secondary N) is 2. The molecule has 1 aromatic rings. The minimum Gasteiger partial charge on any atom is -0.302 e. The molecule has 0 bridgehead atoms. The van der Waals surface area contributed by atoms with Gasteiger partial charge in [0.1, 0.15) is 4.90 Å². The third kappa shape index (κ3) is 2.57. The first-order valence-corrected chi connectivity index (χ1v) is 7.60. The van der Waals surface area contributed by atoms with Crippen LogP contribution in [0.4, 0.5) is 0 Å². The fraction of sp³-hybridized carbons (Fsp3) is 0.727. The second-order valence-corrected chi connectivity index (χ2v) is 6.85. The van der Waals surface area contributed by atoms with Gasteiger partial charge >= 0.3 is 0 Å². The molecule has 102 valence electrons. The van der Waals surface area contributed by atoms with Crippen molar-refractivity contribution in [1.82, 2.24) is 19.8 Å². The summed E-state index contributed by atoms with van der Waals surface area (Å²) in [5.41, 5.74) is -0.0448. The van der Waals surface area contributed by atoms with Gasteiger partial charge in [-0.2, -0.15) is 5.10 Å². The number of hydrogen-bond acceptors (Lipinski definition) is 4. The summed E-state index contributed by atoms with van der Waals surface area (Å²) in [6.45, 7) is 0.452. The predicted molar refractivity (Wildman–Crippen MR) is 68.7 cm³/mol. The van der Waals surface area contributed by atoms with E-state index >= 15 is 0 Å². The maximum absolute atomic E-state index is 12.0. The van der Waals surface area contributed by atoms with Gasteiger partial charge in [-0.05, 0) is 26.9 Å². The summed E-state index contributed by atoms with van der Waals surface area (Å²) in [5.74, 6) is 0. The lowest BCUT2D eigenvalue weighted by molar-refractivity contribution is 0.162. The number of rotatable bonds is 5. The van der Waals surface area contributed by atoms with E-state index in [2.05, 4.69) is 19.8 Å². The molecule has 2 N–H and O–H groups in total. The van der Waals surface area contributed by atoms with Gasteiger partial charge < -0.3 is 4.90 Å². The van der Waals surface area contributed by atoms with Gasteiger partial charge in [-0.15, -0.1) is 0 Å². The van der Waals surface area contributed by atoms with Crippen LogP contribution in [-0.4, -0.2) is 49.7 Å². The van der Waals surface area contributed by atoms with Crippen LogP contribution in [0.1, 0.15) is 25.7 Å². The van der Waals surface area contributed by atoms with Gasteiger partial charge in [0, 0.05) is 18.3 Å². The fourth-order valence-electron chi connectivity index (χ4n) is 2.51. The molecular formula is C11H20N4O2S. The summed E-state index contributed by atoms with van der Waals surface area (Å²) in [6.07, 6.45) is 7.09. The summed E-state index contributed by atoms with van der Waals surface area (Å²) in [6, 6.07) is 0. The Morgan fingerprint density at radius 2 is 2.11 bits per heavy atom. The van der Waals surface area contributed by atoms with Crippen molar-refractivity contribution in [3.8, 4) is 0 Å². The summed E-state index contributed by atoms with van der Waals surface area (Å²) < 4.78 is 26.7. The Labute approximate surface area is 108 Å². The normalized spacial score (nSPS) is 19.5. The summed E-state index contributed by atoms with van der Waals surface area (Å²) in [4.78, 5) is 2.33. The van der Waals surface area contributed by atoms with Crippen molar-refractivity contribution in [2.24, 2.45) is 0 Å². The molecule has 0 spiro atoms. The van der Waals surface area contributed by atoms with Crippen LogP contribution in [0.25, 0.3) is 0 Å². The van der Waals surface area contributed by atoms with Crippen molar-refractivity contribution in [2.75, 3.05) is 20.6 Å². The van der Waals surface area contributed by atoms with Crippen LogP contribution < -0.4 is 4.72 Å². The van der Waals surface area contributed by atoms with Crippen LogP contribution in [0.15, 0.2) is 17.3 Å². The van der Waals surface area contributed by atoms with Crippen LogP contribution in [0.3, 0.4) is 0 Å². The van der Waals surface area contributed by atoms with Crippen molar-refractivity contribution >= 4 is 10.0 Å². The SMILES string of the molecule is CN(C)C1(CNS(=O)(=O)c2cn[nH]c2)CCCC1. The van der Waals surface area contributed by atoms with E-state index in [0.29, 0.717) is 6.54 Å². The maximum Gasteiger partial charge on any atom is 0.243 e. The fourth-order valence-corrected chi connectivity index (χ4v) is 3.54. The lowest BCUT2D eigenvalue weighted by atomic mass is 9.97. The molecule has 1 saturated carbocycles. The molecule has 0 amide bonds. The van der Waals surface area contributed by atoms with Crippen LogP contribution in [0.5, 0.6) is 0 Å². The molecular weight excluding hydrogens is 252 g/mol. The molecule has 1 heterocycles. The monoisotopic (exact) mass is 272 g/mol. The Hall–Kier alpha value is -0.920. The van der Waals surface area contributed by atoms with Crippen LogP contribution in [0, 0.1) is 0 Å². The Balaban J connectivity index is 2.07. The van der Waals surface area contributed by atoms with E-state index in [1.807, 2.05) is 14.1 Å². The van der Waals surface area contributed by atoms with E-state index in [1.165, 1.54) is 12.4 Å². The highest BCUT2D eigenvalue weighted by atomic mass is 32.2. The quantitative estimate of drug-likeness (QED) is 0.821. The topological polar surface area (TPSA) is 78.1 Å². The Morgan fingerprint density at radius 1 is 1.44 bits per heavy atom. The number of H-pyrrole nitrogens is 1. The third-order valence-electron chi connectivity index (χ3n) is 3.86. The maximum atomic E-state index is 12.0. The Kier molecular flexibility index (Phi) is 3.74. The molecule has 6 nitrogen and oxygen atoms in total. The van der Waals surface area contributed by atoms with Crippen molar-refractivity contribution in [3.05, 3.63) is 12.4 Å². The second-order valence-electron chi connectivity index (χ2n) is 5.08. The Morgan fingerprint density at radius 3 is 2.61 bits per heavy atom. The molecule has 1 aromatic heterocycles. The van der Waals surface area contributed by atoms with Gasteiger partial charge in [0.15, 0.2) is 0 Å². The van der Waals surface area contributed by atoms with E-state index in [9.17, 15) is 8.42 Å². The lowest BCUT2D eigenvalue weighted by Crippen LogP contribution is -2.50. The smallest absolute Gasteiger partial charge is 0.243 e. The van der Waals surface area contributed by atoms with E-state index in [1.54, 1.807) is 0 Å². The van der Waals surface area contributed by atoms with Crippen LogP contribution >= 0.6 is 0 Å². The first-order valence-electron chi connectivity index (χ1n) is 6.12. The number of aromatic nitrogens is 2. The van der Waals surface area contributed by atoms with Gasteiger partial charge in [-0.1, -0.05) is 12.8 Å². The number of hydrogen-bond donors (Lipinski definition) is 2. The zero-order valence-electron chi connectivity index (χ0n) is 10.8. The molecule has 1 aliphatic carbocycles. The molecule has 1 fully saturated rings. The first-order chi connectivity index (χ1) is 8.46. The van der Waals surface area contributed by atoms with E-state index in [0.717, 1.165) is 25.7 Å². The zero-order chi connectivity index (χ0) is 13.2. The molecule has 0 unspecified atom stereocenters. The van der Waals surface area contributed by atoms with Gasteiger partial charge in [-0.25, -0.2) is 13.1 Å². The van der Waals surface area contributed by atoms with Crippen molar-refractivity contribution in [3.63, 3.8) is 0 Å². The zero-order valence-corrected chi connectivity index (χ0v) is 11.6. The average Bonchev–Trinajstić information content (AvgIpc) is 2.99. The highest BCUT2D eigenvalue weighted by Crippen LogP contribution is 2.33. The minimum absolute atomic E-state index is 0.0448. The number of sulfonamides is 1. The largest absolute Gasteiger partial charge is 0.302 e. The molecule has 0 atom stereocenters. The summed E-state index contributed by atoms with van der Waals surface area (Å²) >= 11 is 0. The molecule has 7 heteroatoms. The highest BCUT2D eigenvalue weighted by molar-refractivity contribution is 7.89. The average molecular weight is 272 g/mol. The molecule has 0 saturated heterocycles. The number of aromatic amines is 1. The molecule has 0 aliphatic heterocycles. The van der Waals surface area contributed by atoms with Gasteiger partial charge in [0.05, 0.1) is 6.20 Å². The van der Waals surface area contributed by atoms with Crippen LogP contribution in [0.2, 0.25) is 0 Å². The standard InChI is InChI=1S/C11H20N4O2S/c1-15(2)11(5-3-4-6-11)9-14-18(16,17)10-7-12-13-8-10/h7-8,14H,3-6,9H2,1-2H3,(H,12,13). The lowest BCUT2D eigenvalue weighted by Gasteiger charge is -2.36. The predicted octanol–water partition coefficient (Wildman–Crippen LogP) is 0.562. The summed E-state index contributed by atoms with van der Waals surface area (Å²) in [7, 11) is 0.576. The molecule has 2 rings (SSSR count). The Bertz CT molecular complexity index is 475. The number of likely N-dealkylation sites (N-methyl/N-ethyl adjacent to an activating group) is 1. The second kappa shape index (κ2) is 4.99. The van der Waals surface area contributed by atoms with Gasteiger partial charge in [0.25, 0.3) is 0 Å². The van der Waals surface area contributed by atoms with Crippen molar-refractivity contribution < 1.29 is 8.42 Å². The molecule has 0 radical (unpaired) electrons. The van der Waals surface area contributed by atoms with E-state index < -0.39 is 10.0 Å². The third-order valence-corrected chi connectivity index (χ3v) is 5.23. The van der Waals surface area contributed by atoms with E-state index in [-0.39, 0.29) is 10.4 Å². The molecule has 1 aliphatic rings. The summed E-state index contributed by atoms with van der Waals surface area (Å²) in [5, 5.41) is 6.18. The van der Waals surface area contributed by atoms with Gasteiger partial charge in [0.2, 0.25) is 10.0 Å². The van der Waals surface area contributed by atoms with E-state index in [4.69, 9.17) is 0 Å².